The van der Waals surface area contributed by atoms with Crippen LogP contribution in [0, 0.1) is 0 Å². The molecule has 0 saturated heterocycles. The Bertz CT molecular complexity index is 439. The van der Waals surface area contributed by atoms with Gasteiger partial charge < -0.3 is 4.52 Å². The van der Waals surface area contributed by atoms with Gasteiger partial charge in [0.25, 0.3) is 0 Å². The zero-order chi connectivity index (χ0) is 18.3. The number of phosphoric ester groups is 1. The van der Waals surface area contributed by atoms with Gasteiger partial charge in [0, 0.05) is 6.42 Å². The first-order valence-electron chi connectivity index (χ1n) is 6.87. The molecule has 0 heterocycles. The standard InChI is InChI=1S/C12H19F6O4P/c1-4-7-8-9(10(13)11(14,15)12(16,17)18)22-23(19,20-5-2)21-6-3/h4-8H2,1-3H3. The highest BCUT2D eigenvalue weighted by molar-refractivity contribution is 7.48. The molecule has 0 fully saturated rings. The van der Waals surface area contributed by atoms with Crippen molar-refractivity contribution < 1.29 is 44.5 Å². The number of rotatable bonds is 10. The molecule has 0 radical (unpaired) electrons. The molecule has 4 nitrogen and oxygen atoms in total. The van der Waals surface area contributed by atoms with Gasteiger partial charge >= 0.3 is 19.9 Å². The number of unbranched alkanes of at least 4 members (excludes halogenated alkanes) is 1. The fourth-order valence-electron chi connectivity index (χ4n) is 1.37. The zero-order valence-corrected chi connectivity index (χ0v) is 13.8. The molecular formula is C12H19F6O4P. The Balaban J connectivity index is 5.75. The van der Waals surface area contributed by atoms with Crippen molar-refractivity contribution in [1.29, 1.82) is 0 Å². The first-order chi connectivity index (χ1) is 10.4. The van der Waals surface area contributed by atoms with E-state index < -0.39 is 37.9 Å². The maximum atomic E-state index is 13.7. The first-order valence-corrected chi connectivity index (χ1v) is 8.33. The third-order valence-corrected chi connectivity index (χ3v) is 4.02. The highest BCUT2D eigenvalue weighted by Gasteiger charge is 2.62. The van der Waals surface area contributed by atoms with Gasteiger partial charge in [0.2, 0.25) is 5.83 Å². The summed E-state index contributed by atoms with van der Waals surface area (Å²) in [6.07, 6.45) is -6.38. The lowest BCUT2D eigenvalue weighted by Gasteiger charge is -2.23. The van der Waals surface area contributed by atoms with Crippen LogP contribution in [0.15, 0.2) is 11.6 Å². The zero-order valence-electron chi connectivity index (χ0n) is 12.9. The Morgan fingerprint density at radius 1 is 1.00 bits per heavy atom. The molecule has 0 aliphatic heterocycles. The molecule has 0 aromatic carbocycles. The van der Waals surface area contributed by atoms with Crippen LogP contribution in [-0.2, 0) is 18.1 Å². The van der Waals surface area contributed by atoms with Crippen LogP contribution in [0.4, 0.5) is 26.3 Å². The topological polar surface area (TPSA) is 44.8 Å². The molecule has 0 aromatic rings. The van der Waals surface area contributed by atoms with E-state index in [0.29, 0.717) is 6.42 Å². The minimum atomic E-state index is -6.15. The predicted octanol–water partition coefficient (Wildman–Crippen LogP) is 5.75. The molecule has 0 rings (SSSR count). The molecule has 0 bridgehead atoms. The minimum Gasteiger partial charge on any atom is -0.406 e. The predicted molar refractivity (Wildman–Crippen MR) is 70.6 cm³/mol. The van der Waals surface area contributed by atoms with E-state index in [9.17, 15) is 30.9 Å². The van der Waals surface area contributed by atoms with Crippen molar-refractivity contribution in [3.63, 3.8) is 0 Å². The summed E-state index contributed by atoms with van der Waals surface area (Å²) in [6.45, 7) is 3.85. The average molecular weight is 372 g/mol. The normalized spacial score (nSPS) is 14.7. The highest BCUT2D eigenvalue weighted by atomic mass is 31.2. The molecule has 0 unspecified atom stereocenters. The lowest BCUT2D eigenvalue weighted by Crippen LogP contribution is -2.37. The Morgan fingerprint density at radius 2 is 1.48 bits per heavy atom. The number of hydrogen-bond acceptors (Lipinski definition) is 4. The van der Waals surface area contributed by atoms with Gasteiger partial charge in [0.05, 0.1) is 13.2 Å². The minimum absolute atomic E-state index is 0.0366. The summed E-state index contributed by atoms with van der Waals surface area (Å²) in [4.78, 5) is 0. The van der Waals surface area contributed by atoms with Crippen molar-refractivity contribution in [1.82, 2.24) is 0 Å². The van der Waals surface area contributed by atoms with Crippen molar-refractivity contribution in [2.75, 3.05) is 13.2 Å². The fraction of sp³-hybridized carbons (Fsp3) is 0.833. The van der Waals surface area contributed by atoms with E-state index in [1.54, 1.807) is 6.92 Å². The Labute approximate surface area is 130 Å². The second-order valence-corrected chi connectivity index (χ2v) is 5.88. The van der Waals surface area contributed by atoms with Gasteiger partial charge in [0.1, 0.15) is 5.76 Å². The van der Waals surface area contributed by atoms with E-state index in [2.05, 4.69) is 13.6 Å². The smallest absolute Gasteiger partial charge is 0.406 e. The highest BCUT2D eigenvalue weighted by Crippen LogP contribution is 2.54. The van der Waals surface area contributed by atoms with E-state index in [1.165, 1.54) is 13.8 Å². The van der Waals surface area contributed by atoms with Gasteiger partial charge in [-0.05, 0) is 20.3 Å². The fourth-order valence-corrected chi connectivity index (χ4v) is 2.63. The monoisotopic (exact) mass is 372 g/mol. The van der Waals surface area contributed by atoms with Crippen molar-refractivity contribution in [2.24, 2.45) is 0 Å². The molecule has 11 heteroatoms. The van der Waals surface area contributed by atoms with Gasteiger partial charge in [-0.3, -0.25) is 9.05 Å². The maximum absolute atomic E-state index is 13.7. The van der Waals surface area contributed by atoms with E-state index in [4.69, 9.17) is 0 Å². The van der Waals surface area contributed by atoms with Crippen molar-refractivity contribution in [2.45, 2.75) is 52.1 Å². The van der Waals surface area contributed by atoms with Gasteiger partial charge in [-0.15, -0.1) is 0 Å². The van der Waals surface area contributed by atoms with Crippen LogP contribution < -0.4 is 0 Å². The lowest BCUT2D eigenvalue weighted by atomic mass is 10.1. The largest absolute Gasteiger partial charge is 0.529 e. The summed E-state index contributed by atoms with van der Waals surface area (Å²) in [5, 5.41) is 0. The summed E-state index contributed by atoms with van der Waals surface area (Å²) >= 11 is 0. The number of phosphoric acid groups is 1. The third kappa shape index (κ3) is 6.35. The van der Waals surface area contributed by atoms with Crippen LogP contribution in [0.3, 0.4) is 0 Å². The second-order valence-electron chi connectivity index (χ2n) is 4.29. The second kappa shape index (κ2) is 8.94. The van der Waals surface area contributed by atoms with Crippen LogP contribution >= 0.6 is 7.82 Å². The summed E-state index contributed by atoms with van der Waals surface area (Å²) in [7, 11) is -4.49. The summed E-state index contributed by atoms with van der Waals surface area (Å²) in [5.41, 5.74) is 0. The molecule has 0 aromatic heterocycles. The molecule has 0 amide bonds. The quantitative estimate of drug-likeness (QED) is 0.278. The van der Waals surface area contributed by atoms with Crippen LogP contribution in [0.1, 0.15) is 40.0 Å². The number of allylic oxidation sites excluding steroid dienone is 2. The first kappa shape index (κ1) is 22.3. The van der Waals surface area contributed by atoms with Gasteiger partial charge in [-0.1, -0.05) is 13.3 Å². The van der Waals surface area contributed by atoms with E-state index in [1.807, 2.05) is 0 Å². The number of halogens is 6. The summed E-state index contributed by atoms with van der Waals surface area (Å²) < 4.78 is 103. The Kier molecular flexibility index (Phi) is 8.65. The Morgan fingerprint density at radius 3 is 1.83 bits per heavy atom. The van der Waals surface area contributed by atoms with Crippen LogP contribution in [0.25, 0.3) is 0 Å². The van der Waals surface area contributed by atoms with Crippen molar-refractivity contribution >= 4 is 7.82 Å². The number of alkyl halides is 5. The molecule has 0 aliphatic carbocycles. The van der Waals surface area contributed by atoms with Crippen molar-refractivity contribution in [3.05, 3.63) is 11.6 Å². The SMILES string of the molecule is CCCCC(OP(=O)(OCC)OCC)=C(F)C(F)(F)C(F)(F)F. The van der Waals surface area contributed by atoms with Crippen LogP contribution in [0.5, 0.6) is 0 Å². The maximum Gasteiger partial charge on any atom is 0.529 e. The molecule has 0 spiro atoms. The van der Waals surface area contributed by atoms with E-state index in [-0.39, 0.29) is 19.6 Å². The molecule has 23 heavy (non-hydrogen) atoms. The molecule has 0 saturated carbocycles. The third-order valence-electron chi connectivity index (χ3n) is 2.43. The molecule has 0 aliphatic rings. The van der Waals surface area contributed by atoms with Crippen LogP contribution in [0.2, 0.25) is 0 Å². The Hall–Kier alpha value is -0.730. The van der Waals surface area contributed by atoms with Gasteiger partial charge in [-0.2, -0.15) is 22.0 Å². The van der Waals surface area contributed by atoms with E-state index in [0.717, 1.165) is 0 Å². The summed E-state index contributed by atoms with van der Waals surface area (Å²) in [6, 6.07) is 0. The molecular weight excluding hydrogens is 353 g/mol. The summed E-state index contributed by atoms with van der Waals surface area (Å²) in [5.74, 6) is -10.0. The van der Waals surface area contributed by atoms with Crippen molar-refractivity contribution in [3.8, 4) is 0 Å². The number of hydrogen-bond donors (Lipinski definition) is 0. The molecule has 138 valence electrons. The van der Waals surface area contributed by atoms with Gasteiger partial charge in [0.15, 0.2) is 0 Å². The average Bonchev–Trinajstić information content (AvgIpc) is 2.41. The van der Waals surface area contributed by atoms with E-state index >= 15 is 0 Å². The van der Waals surface area contributed by atoms with Crippen LogP contribution in [-0.4, -0.2) is 25.3 Å². The molecule has 0 atom stereocenters. The lowest BCUT2D eigenvalue weighted by molar-refractivity contribution is -0.271. The molecule has 0 N–H and O–H groups in total. The van der Waals surface area contributed by atoms with Gasteiger partial charge in [-0.25, -0.2) is 8.96 Å².